The molecule has 2 N–H and O–H groups in total. The highest BCUT2D eigenvalue weighted by molar-refractivity contribution is 6.01. The summed E-state index contributed by atoms with van der Waals surface area (Å²) in [4.78, 5) is 24.7. The molecule has 2 aromatic rings. The van der Waals surface area contributed by atoms with Gasteiger partial charge in [-0.25, -0.2) is 4.39 Å². The van der Waals surface area contributed by atoms with Crippen LogP contribution in [-0.2, 0) is 11.0 Å². The lowest BCUT2D eigenvalue weighted by Crippen LogP contribution is -2.47. The van der Waals surface area contributed by atoms with Crippen LogP contribution < -0.4 is 10.6 Å². The number of amides is 2. The van der Waals surface area contributed by atoms with E-state index in [1.807, 2.05) is 0 Å². The second-order valence-electron chi connectivity index (χ2n) is 6.24. The maximum absolute atomic E-state index is 13.7. The van der Waals surface area contributed by atoms with E-state index >= 15 is 0 Å². The molecule has 2 aromatic carbocycles. The number of carbonyl (C=O) groups is 2. The Morgan fingerprint density at radius 3 is 2.07 bits per heavy atom. The van der Waals surface area contributed by atoms with E-state index in [0.717, 1.165) is 30.3 Å². The number of carbonyl (C=O) groups excluding carboxylic acids is 2. The maximum atomic E-state index is 13.7. The molecule has 0 bridgehead atoms. The molecular weight excluding hydrogens is 364 g/mol. The Hall–Kier alpha value is -2.90. The van der Waals surface area contributed by atoms with Gasteiger partial charge in [-0.2, -0.15) is 13.2 Å². The third kappa shape index (κ3) is 5.29. The molecule has 8 heteroatoms. The number of halogens is 4. The summed E-state index contributed by atoms with van der Waals surface area (Å²) in [7, 11) is 0. The molecule has 0 aliphatic carbocycles. The monoisotopic (exact) mass is 382 g/mol. The number of alkyl halides is 3. The summed E-state index contributed by atoms with van der Waals surface area (Å²) >= 11 is 0. The molecule has 27 heavy (non-hydrogen) atoms. The predicted molar refractivity (Wildman–Crippen MR) is 92.6 cm³/mol. The fourth-order valence-electron chi connectivity index (χ4n) is 2.36. The zero-order valence-corrected chi connectivity index (χ0v) is 14.6. The Kier molecular flexibility index (Phi) is 6.20. The summed E-state index contributed by atoms with van der Waals surface area (Å²) in [6, 6.07) is 8.27. The van der Waals surface area contributed by atoms with Crippen LogP contribution in [0.2, 0.25) is 0 Å². The molecule has 2 amide bonds. The molecule has 4 nitrogen and oxygen atoms in total. The summed E-state index contributed by atoms with van der Waals surface area (Å²) in [5, 5.41) is 4.92. The largest absolute Gasteiger partial charge is 0.416 e. The zero-order valence-electron chi connectivity index (χ0n) is 14.6. The summed E-state index contributed by atoms with van der Waals surface area (Å²) < 4.78 is 51.5. The lowest BCUT2D eigenvalue weighted by molar-refractivity contribution is -0.137. The first-order chi connectivity index (χ1) is 12.6. The fraction of sp³-hybridized carbons (Fsp3) is 0.263. The molecule has 0 radical (unpaired) electrons. The van der Waals surface area contributed by atoms with Crippen molar-refractivity contribution in [2.24, 2.45) is 5.92 Å². The smallest absolute Gasteiger partial charge is 0.340 e. The lowest BCUT2D eigenvalue weighted by atomic mass is 10.0. The second kappa shape index (κ2) is 8.20. The summed E-state index contributed by atoms with van der Waals surface area (Å²) in [5.74, 6) is -2.43. The van der Waals surface area contributed by atoms with Crippen molar-refractivity contribution in [3.63, 3.8) is 0 Å². The molecule has 0 spiro atoms. The van der Waals surface area contributed by atoms with Gasteiger partial charge < -0.3 is 10.6 Å². The molecular formula is C19H18F4N2O2. The van der Waals surface area contributed by atoms with Gasteiger partial charge in [-0.15, -0.1) is 0 Å². The first-order valence-electron chi connectivity index (χ1n) is 8.13. The normalized spacial score (nSPS) is 12.6. The molecule has 2 rings (SSSR count). The second-order valence-corrected chi connectivity index (χ2v) is 6.24. The van der Waals surface area contributed by atoms with Gasteiger partial charge in [-0.3, -0.25) is 9.59 Å². The van der Waals surface area contributed by atoms with Crippen molar-refractivity contribution in [3.05, 3.63) is 65.5 Å². The fourth-order valence-corrected chi connectivity index (χ4v) is 2.36. The van der Waals surface area contributed by atoms with Crippen molar-refractivity contribution >= 4 is 17.5 Å². The van der Waals surface area contributed by atoms with Crippen molar-refractivity contribution in [1.29, 1.82) is 0 Å². The average molecular weight is 382 g/mol. The van der Waals surface area contributed by atoms with Gasteiger partial charge in [0.05, 0.1) is 11.1 Å². The molecule has 0 saturated heterocycles. The maximum Gasteiger partial charge on any atom is 0.416 e. The zero-order chi connectivity index (χ0) is 20.2. The Bertz CT molecular complexity index is 817. The molecule has 0 fully saturated rings. The number of rotatable bonds is 5. The molecule has 0 unspecified atom stereocenters. The first-order valence-corrected chi connectivity index (χ1v) is 8.13. The van der Waals surface area contributed by atoms with Crippen molar-refractivity contribution in [2.45, 2.75) is 26.1 Å². The van der Waals surface area contributed by atoms with E-state index in [0.29, 0.717) is 0 Å². The third-order valence-electron chi connectivity index (χ3n) is 3.83. The van der Waals surface area contributed by atoms with Gasteiger partial charge in [0.15, 0.2) is 0 Å². The molecule has 0 aliphatic heterocycles. The summed E-state index contributed by atoms with van der Waals surface area (Å²) in [6.45, 7) is 3.36. The van der Waals surface area contributed by atoms with Crippen LogP contribution in [0.3, 0.4) is 0 Å². The summed E-state index contributed by atoms with van der Waals surface area (Å²) in [6.07, 6.45) is -4.48. The van der Waals surface area contributed by atoms with E-state index in [1.54, 1.807) is 13.8 Å². The van der Waals surface area contributed by atoms with Crippen LogP contribution in [-0.4, -0.2) is 17.9 Å². The average Bonchev–Trinajstić information content (AvgIpc) is 2.59. The quantitative estimate of drug-likeness (QED) is 0.760. The van der Waals surface area contributed by atoms with Crippen LogP contribution >= 0.6 is 0 Å². The molecule has 0 heterocycles. The van der Waals surface area contributed by atoms with Crippen molar-refractivity contribution in [1.82, 2.24) is 5.32 Å². The molecule has 1 atom stereocenters. The number of benzene rings is 2. The third-order valence-corrected chi connectivity index (χ3v) is 3.83. The highest BCUT2D eigenvalue weighted by Gasteiger charge is 2.30. The SMILES string of the molecule is CC(C)[C@H](NC(=O)c1ccccc1F)C(=O)Nc1ccc(C(F)(F)F)cc1. The minimum atomic E-state index is -4.48. The van der Waals surface area contributed by atoms with Crippen LogP contribution in [0.1, 0.15) is 29.8 Å². The number of nitrogens with one attached hydrogen (secondary N) is 2. The topological polar surface area (TPSA) is 58.2 Å². The Balaban J connectivity index is 2.11. The van der Waals surface area contributed by atoms with Crippen molar-refractivity contribution < 1.29 is 27.2 Å². The van der Waals surface area contributed by atoms with Gasteiger partial charge >= 0.3 is 6.18 Å². The number of hydrogen-bond acceptors (Lipinski definition) is 2. The first kappa shape index (κ1) is 20.4. The molecule has 0 saturated carbocycles. The van der Waals surface area contributed by atoms with E-state index in [4.69, 9.17) is 0 Å². The Morgan fingerprint density at radius 2 is 1.56 bits per heavy atom. The van der Waals surface area contributed by atoms with Crippen LogP contribution in [0.4, 0.5) is 23.2 Å². The molecule has 0 aliphatic rings. The van der Waals surface area contributed by atoms with Crippen LogP contribution in [0.5, 0.6) is 0 Å². The Morgan fingerprint density at radius 1 is 0.963 bits per heavy atom. The van der Waals surface area contributed by atoms with Gasteiger partial charge in [0, 0.05) is 5.69 Å². The highest BCUT2D eigenvalue weighted by atomic mass is 19.4. The van der Waals surface area contributed by atoms with Gasteiger partial charge in [0.1, 0.15) is 11.9 Å². The molecule has 144 valence electrons. The highest BCUT2D eigenvalue weighted by Crippen LogP contribution is 2.29. The van der Waals surface area contributed by atoms with Gasteiger partial charge in [0.25, 0.3) is 5.91 Å². The van der Waals surface area contributed by atoms with E-state index in [1.165, 1.54) is 18.2 Å². The van der Waals surface area contributed by atoms with E-state index in [2.05, 4.69) is 10.6 Å². The Labute approximate surface area is 153 Å². The van der Waals surface area contributed by atoms with E-state index in [9.17, 15) is 27.2 Å². The minimum absolute atomic E-state index is 0.152. The van der Waals surface area contributed by atoms with E-state index < -0.39 is 35.4 Å². The van der Waals surface area contributed by atoms with Gasteiger partial charge in [0.2, 0.25) is 5.91 Å². The van der Waals surface area contributed by atoms with Gasteiger partial charge in [-0.05, 0) is 42.3 Å². The molecule has 0 aromatic heterocycles. The number of anilines is 1. The lowest BCUT2D eigenvalue weighted by Gasteiger charge is -2.22. The standard InChI is InChI=1S/C19H18F4N2O2/c1-11(2)16(25-17(26)14-5-3-4-6-15(14)20)18(27)24-13-9-7-12(8-10-13)19(21,22)23/h3-11,16H,1-2H3,(H,24,27)(H,25,26)/t16-/m0/s1. The summed E-state index contributed by atoms with van der Waals surface area (Å²) in [5.41, 5.74) is -0.891. The minimum Gasteiger partial charge on any atom is -0.340 e. The van der Waals surface area contributed by atoms with Crippen molar-refractivity contribution in [3.8, 4) is 0 Å². The van der Waals surface area contributed by atoms with Gasteiger partial charge in [-0.1, -0.05) is 26.0 Å². The van der Waals surface area contributed by atoms with Crippen LogP contribution in [0.15, 0.2) is 48.5 Å². The van der Waals surface area contributed by atoms with Crippen LogP contribution in [0, 0.1) is 11.7 Å². The number of hydrogen-bond donors (Lipinski definition) is 2. The van der Waals surface area contributed by atoms with Crippen LogP contribution in [0.25, 0.3) is 0 Å². The van der Waals surface area contributed by atoms with Crippen molar-refractivity contribution in [2.75, 3.05) is 5.32 Å². The predicted octanol–water partition coefficient (Wildman–Crippen LogP) is 4.24. The van der Waals surface area contributed by atoms with E-state index in [-0.39, 0.29) is 17.2 Å².